The van der Waals surface area contributed by atoms with Gasteiger partial charge in [-0.1, -0.05) is 30.7 Å². The van der Waals surface area contributed by atoms with E-state index in [1.165, 1.54) is 16.4 Å². The summed E-state index contributed by atoms with van der Waals surface area (Å²) in [6.45, 7) is 7.94. The molecule has 2 unspecified atom stereocenters. The van der Waals surface area contributed by atoms with Gasteiger partial charge in [0.1, 0.15) is 5.82 Å². The molecule has 2 aliphatic heterocycles. The molecule has 0 radical (unpaired) electrons. The number of hydrogen-bond donors (Lipinski definition) is 1. The summed E-state index contributed by atoms with van der Waals surface area (Å²) < 4.78 is 43.7. The van der Waals surface area contributed by atoms with Gasteiger partial charge in [0.05, 0.1) is 17.1 Å². The molecule has 1 fully saturated rings. The predicted octanol–water partition coefficient (Wildman–Crippen LogP) is 3.88. The summed E-state index contributed by atoms with van der Waals surface area (Å²) in [4.78, 5) is 2.48. The second-order valence-corrected chi connectivity index (χ2v) is 10.3. The smallest absolute Gasteiger partial charge is 0.309 e. The van der Waals surface area contributed by atoms with Gasteiger partial charge < -0.3 is 10.2 Å². The lowest BCUT2D eigenvalue weighted by Crippen LogP contribution is -2.54. The summed E-state index contributed by atoms with van der Waals surface area (Å²) in [5.41, 5.74) is 1.16. The largest absolute Gasteiger partial charge is 0.331 e. The van der Waals surface area contributed by atoms with E-state index in [-0.39, 0.29) is 5.69 Å². The standard InChI is InChI=1S/C23H31FN4O2S/c1-18-16-26(17-19(2)25-18)14-8-3-9-15-27-22-12-6-7-13-23(22)28(31(27,29)30)21-11-5-4-10-20(21)24/h4-7,10-13,18-19,25H,3,8-9,14-17H2,1-2H3. The van der Waals surface area contributed by atoms with Crippen LogP contribution in [0.5, 0.6) is 0 Å². The van der Waals surface area contributed by atoms with Crippen molar-refractivity contribution in [2.45, 2.75) is 45.2 Å². The third kappa shape index (κ3) is 4.56. The van der Waals surface area contributed by atoms with Crippen LogP contribution in [-0.2, 0) is 10.2 Å². The average molecular weight is 447 g/mol. The molecule has 0 bridgehead atoms. The number of hydrogen-bond acceptors (Lipinski definition) is 4. The fraction of sp³-hybridized carbons (Fsp3) is 0.478. The fourth-order valence-corrected chi connectivity index (χ4v) is 6.45. The first-order chi connectivity index (χ1) is 14.9. The average Bonchev–Trinajstić information content (AvgIpc) is 2.94. The maximum absolute atomic E-state index is 14.5. The van der Waals surface area contributed by atoms with Gasteiger partial charge in [-0.2, -0.15) is 8.42 Å². The van der Waals surface area contributed by atoms with Gasteiger partial charge in [-0.15, -0.1) is 0 Å². The molecule has 0 aliphatic carbocycles. The molecule has 1 saturated heterocycles. The molecule has 0 aromatic heterocycles. The number of nitrogens with zero attached hydrogens (tertiary/aromatic N) is 3. The molecule has 2 atom stereocenters. The van der Waals surface area contributed by atoms with Gasteiger partial charge in [-0.05, 0) is 57.5 Å². The zero-order chi connectivity index (χ0) is 22.0. The monoisotopic (exact) mass is 446 g/mol. The van der Waals surface area contributed by atoms with Crippen molar-refractivity contribution in [3.63, 3.8) is 0 Å². The molecule has 6 nitrogen and oxygen atoms in total. The van der Waals surface area contributed by atoms with Crippen molar-refractivity contribution in [2.24, 2.45) is 0 Å². The van der Waals surface area contributed by atoms with E-state index in [0.717, 1.165) is 43.2 Å². The minimum Gasteiger partial charge on any atom is -0.309 e. The minimum atomic E-state index is -3.88. The highest BCUT2D eigenvalue weighted by molar-refractivity contribution is 7.95. The Morgan fingerprint density at radius 2 is 1.45 bits per heavy atom. The molecule has 8 heteroatoms. The predicted molar refractivity (Wildman–Crippen MR) is 124 cm³/mol. The van der Waals surface area contributed by atoms with Crippen molar-refractivity contribution in [1.82, 2.24) is 10.2 Å². The van der Waals surface area contributed by atoms with E-state index >= 15 is 0 Å². The van der Waals surface area contributed by atoms with Crippen molar-refractivity contribution in [3.05, 3.63) is 54.3 Å². The summed E-state index contributed by atoms with van der Waals surface area (Å²) in [7, 11) is -3.88. The second-order valence-electron chi connectivity index (χ2n) is 8.57. The fourth-order valence-electron chi connectivity index (χ4n) is 4.69. The first kappa shape index (κ1) is 22.0. The Bertz CT molecular complexity index is 1010. The molecule has 4 rings (SSSR count). The Labute approximate surface area is 184 Å². The van der Waals surface area contributed by atoms with E-state index in [0.29, 0.717) is 30.0 Å². The molecular weight excluding hydrogens is 415 g/mol. The molecule has 0 saturated carbocycles. The quantitative estimate of drug-likeness (QED) is 0.656. The molecule has 2 aromatic carbocycles. The Balaban J connectivity index is 1.41. The Morgan fingerprint density at radius 1 is 0.871 bits per heavy atom. The number of rotatable bonds is 7. The normalized spacial score (nSPS) is 23.2. The molecule has 0 amide bonds. The first-order valence-corrected chi connectivity index (χ1v) is 12.4. The molecule has 31 heavy (non-hydrogen) atoms. The van der Waals surface area contributed by atoms with Crippen LogP contribution in [0.4, 0.5) is 21.5 Å². The van der Waals surface area contributed by atoms with Crippen LogP contribution in [0.2, 0.25) is 0 Å². The van der Waals surface area contributed by atoms with Crippen molar-refractivity contribution >= 4 is 27.3 Å². The van der Waals surface area contributed by atoms with E-state index in [4.69, 9.17) is 0 Å². The molecule has 1 N–H and O–H groups in total. The van der Waals surface area contributed by atoms with E-state index in [1.807, 2.05) is 6.07 Å². The van der Waals surface area contributed by atoms with Crippen LogP contribution in [0, 0.1) is 5.82 Å². The number of halogens is 1. The third-order valence-electron chi connectivity index (χ3n) is 5.92. The third-order valence-corrected chi connectivity index (χ3v) is 7.71. The number of para-hydroxylation sites is 3. The zero-order valence-corrected chi connectivity index (χ0v) is 19.0. The summed E-state index contributed by atoms with van der Waals surface area (Å²) in [6, 6.07) is 14.1. The number of anilines is 3. The van der Waals surface area contributed by atoms with Crippen LogP contribution in [0.3, 0.4) is 0 Å². The SMILES string of the molecule is CC1CN(CCCCCN2c3ccccc3N(c3ccccc3F)S2(=O)=O)CC(C)N1. The first-order valence-electron chi connectivity index (χ1n) is 11.0. The van der Waals surface area contributed by atoms with Crippen LogP contribution in [-0.4, -0.2) is 51.6 Å². The summed E-state index contributed by atoms with van der Waals surface area (Å²) in [6.07, 6.45) is 2.74. The number of benzene rings is 2. The van der Waals surface area contributed by atoms with Crippen LogP contribution < -0.4 is 13.9 Å². The highest BCUT2D eigenvalue weighted by atomic mass is 32.2. The van der Waals surface area contributed by atoms with Crippen LogP contribution in [0.1, 0.15) is 33.1 Å². The van der Waals surface area contributed by atoms with Crippen molar-refractivity contribution in [3.8, 4) is 0 Å². The number of piperazine rings is 1. The molecule has 168 valence electrons. The van der Waals surface area contributed by atoms with Crippen molar-refractivity contribution in [2.75, 3.05) is 34.8 Å². The lowest BCUT2D eigenvalue weighted by molar-refractivity contribution is 0.171. The number of nitrogens with one attached hydrogen (secondary N) is 1. The van der Waals surface area contributed by atoms with Gasteiger partial charge in [-0.25, -0.2) is 8.70 Å². The van der Waals surface area contributed by atoms with Crippen molar-refractivity contribution in [1.29, 1.82) is 0 Å². The van der Waals surface area contributed by atoms with Crippen LogP contribution >= 0.6 is 0 Å². The van der Waals surface area contributed by atoms with Gasteiger partial charge in [0.25, 0.3) is 0 Å². The Kier molecular flexibility index (Phi) is 6.50. The maximum atomic E-state index is 14.5. The Morgan fingerprint density at radius 3 is 2.13 bits per heavy atom. The molecule has 2 aliphatic rings. The summed E-state index contributed by atoms with van der Waals surface area (Å²) in [5.74, 6) is -0.554. The highest BCUT2D eigenvalue weighted by Crippen LogP contribution is 2.45. The molecule has 2 heterocycles. The molecule has 2 aromatic rings. The van der Waals surface area contributed by atoms with Gasteiger partial charge >= 0.3 is 10.2 Å². The lowest BCUT2D eigenvalue weighted by atomic mass is 10.1. The topological polar surface area (TPSA) is 55.9 Å². The second kappa shape index (κ2) is 9.14. The van der Waals surface area contributed by atoms with E-state index < -0.39 is 16.0 Å². The van der Waals surface area contributed by atoms with Crippen LogP contribution in [0.15, 0.2) is 48.5 Å². The summed E-state index contributed by atoms with van der Waals surface area (Å²) >= 11 is 0. The van der Waals surface area contributed by atoms with Crippen LogP contribution in [0.25, 0.3) is 0 Å². The lowest BCUT2D eigenvalue weighted by Gasteiger charge is -2.36. The number of fused-ring (bicyclic) bond motifs is 1. The Hall–Kier alpha value is -2.16. The van der Waals surface area contributed by atoms with Gasteiger partial charge in [0.15, 0.2) is 0 Å². The highest BCUT2D eigenvalue weighted by Gasteiger charge is 2.41. The summed E-state index contributed by atoms with van der Waals surface area (Å²) in [5, 5.41) is 3.54. The van der Waals surface area contributed by atoms with Gasteiger partial charge in [-0.3, -0.25) is 4.31 Å². The molecule has 0 spiro atoms. The molecular formula is C23H31FN4O2S. The maximum Gasteiger partial charge on any atom is 0.331 e. The van der Waals surface area contributed by atoms with E-state index in [1.54, 1.807) is 30.3 Å². The van der Waals surface area contributed by atoms with Crippen molar-refractivity contribution < 1.29 is 12.8 Å². The van der Waals surface area contributed by atoms with E-state index in [9.17, 15) is 12.8 Å². The van der Waals surface area contributed by atoms with Gasteiger partial charge in [0, 0.05) is 31.7 Å². The minimum absolute atomic E-state index is 0.0550. The number of unbranched alkanes of at least 4 members (excludes halogenated alkanes) is 2. The van der Waals surface area contributed by atoms with Gasteiger partial charge in [0.2, 0.25) is 0 Å². The van der Waals surface area contributed by atoms with E-state index in [2.05, 4.69) is 24.1 Å². The zero-order valence-electron chi connectivity index (χ0n) is 18.2.